The standard InChI is InChI=1S/C21H19ClN4S/c1-3-23-21-26(20(13-27-21)15-8-10-16(22)11-9-15)24-12-18-14(2)25-19-7-5-4-6-17(18)19/h4-13,25H,3H2,1-2H3. The Hall–Kier alpha value is -2.63. The van der Waals surface area contributed by atoms with Crippen LogP contribution in [0.4, 0.5) is 0 Å². The lowest BCUT2D eigenvalue weighted by Gasteiger charge is -2.04. The van der Waals surface area contributed by atoms with Gasteiger partial charge in [-0.15, -0.1) is 11.3 Å². The monoisotopic (exact) mass is 394 g/mol. The van der Waals surface area contributed by atoms with Crippen LogP contribution in [0.3, 0.4) is 0 Å². The number of aryl methyl sites for hydroxylation is 1. The highest BCUT2D eigenvalue weighted by atomic mass is 35.5. The molecule has 0 radical (unpaired) electrons. The third-order valence-electron chi connectivity index (χ3n) is 4.36. The van der Waals surface area contributed by atoms with E-state index in [-0.39, 0.29) is 0 Å². The first-order valence-corrected chi connectivity index (χ1v) is 10.0. The van der Waals surface area contributed by atoms with Crippen LogP contribution in [0.5, 0.6) is 0 Å². The summed E-state index contributed by atoms with van der Waals surface area (Å²) in [6, 6.07) is 16.0. The average Bonchev–Trinajstić information content (AvgIpc) is 3.21. The fourth-order valence-corrected chi connectivity index (χ4v) is 4.08. The molecule has 0 saturated heterocycles. The molecule has 0 saturated carbocycles. The van der Waals surface area contributed by atoms with Crippen LogP contribution in [0.25, 0.3) is 22.2 Å². The van der Waals surface area contributed by atoms with Crippen LogP contribution < -0.4 is 4.80 Å². The predicted molar refractivity (Wildman–Crippen MR) is 115 cm³/mol. The van der Waals surface area contributed by atoms with Gasteiger partial charge < -0.3 is 4.98 Å². The first-order valence-electron chi connectivity index (χ1n) is 8.76. The van der Waals surface area contributed by atoms with E-state index >= 15 is 0 Å². The fraction of sp³-hybridized carbons (Fsp3) is 0.143. The zero-order valence-electron chi connectivity index (χ0n) is 15.1. The largest absolute Gasteiger partial charge is 0.358 e. The summed E-state index contributed by atoms with van der Waals surface area (Å²) in [7, 11) is 0. The molecule has 136 valence electrons. The molecule has 0 aliphatic carbocycles. The van der Waals surface area contributed by atoms with Crippen molar-refractivity contribution < 1.29 is 0 Å². The Bertz CT molecular complexity index is 1180. The molecule has 2 heterocycles. The maximum atomic E-state index is 6.04. The van der Waals surface area contributed by atoms with Gasteiger partial charge in [-0.1, -0.05) is 41.9 Å². The van der Waals surface area contributed by atoms with Gasteiger partial charge in [-0.2, -0.15) is 5.10 Å². The number of H-pyrrole nitrogens is 1. The number of nitrogens with zero attached hydrogens (tertiary/aromatic N) is 3. The lowest BCUT2D eigenvalue weighted by Crippen LogP contribution is -2.12. The Morgan fingerprint density at radius 2 is 1.93 bits per heavy atom. The zero-order chi connectivity index (χ0) is 18.8. The molecular formula is C21H19ClN4S. The van der Waals surface area contributed by atoms with Crippen LogP contribution in [-0.4, -0.2) is 22.4 Å². The summed E-state index contributed by atoms with van der Waals surface area (Å²) in [6.45, 7) is 4.80. The Labute approximate surface area is 166 Å². The molecule has 0 atom stereocenters. The van der Waals surface area contributed by atoms with Gasteiger partial charge in [-0.05, 0) is 32.0 Å². The number of rotatable bonds is 4. The van der Waals surface area contributed by atoms with Crippen LogP contribution in [0.2, 0.25) is 5.02 Å². The predicted octanol–water partition coefficient (Wildman–Crippen LogP) is 5.46. The van der Waals surface area contributed by atoms with Gasteiger partial charge in [0.2, 0.25) is 4.80 Å². The normalized spacial score (nSPS) is 12.5. The summed E-state index contributed by atoms with van der Waals surface area (Å²) >= 11 is 7.63. The summed E-state index contributed by atoms with van der Waals surface area (Å²) in [5, 5.41) is 8.76. The molecule has 0 bridgehead atoms. The molecule has 4 aromatic rings. The second-order valence-corrected chi connectivity index (χ2v) is 7.42. The van der Waals surface area contributed by atoms with Crippen molar-refractivity contribution in [2.45, 2.75) is 13.8 Å². The number of nitrogens with one attached hydrogen (secondary N) is 1. The maximum absolute atomic E-state index is 6.04. The lowest BCUT2D eigenvalue weighted by molar-refractivity contribution is 0.833. The van der Waals surface area contributed by atoms with Crippen molar-refractivity contribution in [2.24, 2.45) is 10.1 Å². The number of hydrogen-bond acceptors (Lipinski definition) is 3. The summed E-state index contributed by atoms with van der Waals surface area (Å²) in [5.41, 5.74) is 5.35. The van der Waals surface area contributed by atoms with Crippen LogP contribution in [0, 0.1) is 6.92 Å². The van der Waals surface area contributed by atoms with E-state index in [2.05, 4.69) is 34.4 Å². The number of halogens is 1. The summed E-state index contributed by atoms with van der Waals surface area (Å²) in [4.78, 5) is 8.87. The van der Waals surface area contributed by atoms with E-state index in [0.717, 1.165) is 43.2 Å². The molecule has 2 aromatic heterocycles. The van der Waals surface area contributed by atoms with Crippen molar-refractivity contribution in [1.29, 1.82) is 0 Å². The van der Waals surface area contributed by atoms with Gasteiger partial charge in [0.25, 0.3) is 0 Å². The van der Waals surface area contributed by atoms with Crippen molar-refractivity contribution >= 4 is 40.1 Å². The molecule has 4 nitrogen and oxygen atoms in total. The molecule has 0 aliphatic heterocycles. The minimum Gasteiger partial charge on any atom is -0.358 e. The van der Waals surface area contributed by atoms with Crippen LogP contribution >= 0.6 is 22.9 Å². The number of fused-ring (bicyclic) bond motifs is 1. The second-order valence-electron chi connectivity index (χ2n) is 6.15. The van der Waals surface area contributed by atoms with Crippen molar-refractivity contribution in [3.05, 3.63) is 75.0 Å². The first kappa shape index (κ1) is 17.8. The van der Waals surface area contributed by atoms with Gasteiger partial charge >= 0.3 is 0 Å². The number of aromatic amines is 1. The highest BCUT2D eigenvalue weighted by Crippen LogP contribution is 2.23. The topological polar surface area (TPSA) is 45.4 Å². The molecule has 0 unspecified atom stereocenters. The quantitative estimate of drug-likeness (QED) is 0.446. The first-order chi connectivity index (χ1) is 13.2. The number of hydrogen-bond donors (Lipinski definition) is 1. The highest BCUT2D eigenvalue weighted by molar-refractivity contribution is 7.07. The molecule has 0 amide bonds. The van der Waals surface area contributed by atoms with Crippen LogP contribution in [0.1, 0.15) is 18.2 Å². The second kappa shape index (κ2) is 7.55. The van der Waals surface area contributed by atoms with Gasteiger partial charge in [0.05, 0.1) is 11.9 Å². The van der Waals surface area contributed by atoms with Crippen molar-refractivity contribution in [3.63, 3.8) is 0 Å². The molecule has 4 rings (SSSR count). The average molecular weight is 395 g/mol. The Balaban J connectivity index is 1.84. The van der Waals surface area contributed by atoms with Crippen molar-refractivity contribution in [1.82, 2.24) is 9.66 Å². The molecule has 0 fully saturated rings. The number of benzene rings is 2. The van der Waals surface area contributed by atoms with Gasteiger partial charge in [0, 0.05) is 44.7 Å². The third-order valence-corrected chi connectivity index (χ3v) is 5.47. The minimum absolute atomic E-state index is 0.711. The maximum Gasteiger partial charge on any atom is 0.206 e. The minimum atomic E-state index is 0.711. The number of aromatic nitrogens is 2. The van der Waals surface area contributed by atoms with E-state index in [0.29, 0.717) is 6.54 Å². The molecule has 27 heavy (non-hydrogen) atoms. The fourth-order valence-electron chi connectivity index (χ4n) is 3.05. The summed E-state index contributed by atoms with van der Waals surface area (Å²) < 4.78 is 1.90. The van der Waals surface area contributed by atoms with E-state index in [1.807, 2.05) is 54.2 Å². The Morgan fingerprint density at radius 3 is 2.70 bits per heavy atom. The van der Waals surface area contributed by atoms with Crippen molar-refractivity contribution in [3.8, 4) is 11.3 Å². The molecule has 1 N–H and O–H groups in total. The summed E-state index contributed by atoms with van der Waals surface area (Å²) in [5.74, 6) is 0. The Morgan fingerprint density at radius 1 is 1.15 bits per heavy atom. The van der Waals surface area contributed by atoms with Crippen LogP contribution in [-0.2, 0) is 0 Å². The van der Waals surface area contributed by atoms with Gasteiger partial charge in [-0.3, -0.25) is 4.99 Å². The SMILES string of the molecule is CCN=c1scc(-c2ccc(Cl)cc2)n1N=Cc1c(C)[nH]c2ccccc12. The van der Waals surface area contributed by atoms with Gasteiger partial charge in [0.1, 0.15) is 0 Å². The molecule has 0 spiro atoms. The third kappa shape index (κ3) is 3.48. The summed E-state index contributed by atoms with van der Waals surface area (Å²) in [6.07, 6.45) is 1.91. The molecule has 0 aliphatic rings. The molecular weight excluding hydrogens is 376 g/mol. The Kier molecular flexibility index (Phi) is 4.97. The lowest BCUT2D eigenvalue weighted by atomic mass is 10.1. The van der Waals surface area contributed by atoms with Crippen LogP contribution in [0.15, 0.2) is 64.0 Å². The number of thiazole rings is 1. The van der Waals surface area contributed by atoms with E-state index in [1.165, 1.54) is 0 Å². The van der Waals surface area contributed by atoms with E-state index in [1.54, 1.807) is 11.3 Å². The van der Waals surface area contributed by atoms with E-state index in [9.17, 15) is 0 Å². The van der Waals surface area contributed by atoms with Crippen molar-refractivity contribution in [2.75, 3.05) is 6.54 Å². The smallest absolute Gasteiger partial charge is 0.206 e. The molecule has 6 heteroatoms. The highest BCUT2D eigenvalue weighted by Gasteiger charge is 2.09. The molecule has 2 aromatic carbocycles. The zero-order valence-corrected chi connectivity index (χ0v) is 16.7. The number of para-hydroxylation sites is 1. The van der Waals surface area contributed by atoms with Gasteiger partial charge in [0.15, 0.2) is 0 Å². The van der Waals surface area contributed by atoms with E-state index in [4.69, 9.17) is 16.7 Å². The van der Waals surface area contributed by atoms with E-state index < -0.39 is 0 Å². The van der Waals surface area contributed by atoms with Gasteiger partial charge in [-0.25, -0.2) is 4.68 Å².